The second kappa shape index (κ2) is 14.4. The van der Waals surface area contributed by atoms with Crippen LogP contribution in [0.1, 0.15) is 35.3 Å². The largest absolute Gasteiger partial charge is 0.485 e. The number of urea groups is 2. The molecule has 0 aromatic heterocycles. The Morgan fingerprint density at radius 2 is 1.46 bits per heavy atom. The number of nitrogens with one attached hydrogen (secondary N) is 3. The Morgan fingerprint density at radius 1 is 0.917 bits per heavy atom. The molecular weight excluding hydrogens is 648 g/mol. The number of hydrogen-bond acceptors (Lipinski definition) is 5. The lowest BCUT2D eigenvalue weighted by atomic mass is 9.99. The number of halogens is 6. The molecule has 0 unspecified atom stereocenters. The van der Waals surface area contributed by atoms with Gasteiger partial charge in [-0.1, -0.05) is 13.0 Å². The molecule has 3 aromatic carbocycles. The monoisotopic (exact) mass is 681 g/mol. The van der Waals surface area contributed by atoms with Gasteiger partial charge in [-0.15, -0.1) is 0 Å². The summed E-state index contributed by atoms with van der Waals surface area (Å²) in [4.78, 5) is 42.3. The topological polar surface area (TPSA) is 123 Å². The van der Waals surface area contributed by atoms with Crippen molar-refractivity contribution in [1.29, 1.82) is 0 Å². The van der Waals surface area contributed by atoms with E-state index in [1.54, 1.807) is 13.8 Å². The van der Waals surface area contributed by atoms with Gasteiger partial charge in [0.05, 0.1) is 41.6 Å². The summed E-state index contributed by atoms with van der Waals surface area (Å²) >= 11 is 0. The molecule has 0 bridgehead atoms. The molecule has 4 rings (SSSR count). The van der Waals surface area contributed by atoms with Crippen molar-refractivity contribution in [3.05, 3.63) is 83.4 Å². The van der Waals surface area contributed by atoms with E-state index in [9.17, 15) is 45.8 Å². The quantitative estimate of drug-likeness (QED) is 0.206. The minimum Gasteiger partial charge on any atom is -0.485 e. The zero-order chi connectivity index (χ0) is 35.4. The molecule has 16 heteroatoms. The number of rotatable bonds is 7. The number of amides is 5. The molecule has 258 valence electrons. The smallest absolute Gasteiger partial charge is 0.416 e. The summed E-state index contributed by atoms with van der Waals surface area (Å²) < 4.78 is 83.9. The molecule has 48 heavy (non-hydrogen) atoms. The van der Waals surface area contributed by atoms with Gasteiger partial charge in [0.2, 0.25) is 0 Å². The van der Waals surface area contributed by atoms with E-state index >= 15 is 0 Å². The fourth-order valence-electron chi connectivity index (χ4n) is 4.90. The van der Waals surface area contributed by atoms with E-state index < -0.39 is 59.5 Å². The highest BCUT2D eigenvalue weighted by Crippen LogP contribution is 2.36. The van der Waals surface area contributed by atoms with Crippen molar-refractivity contribution in [2.45, 2.75) is 38.3 Å². The summed E-state index contributed by atoms with van der Waals surface area (Å²) in [7, 11) is 1.44. The second-order valence-electron chi connectivity index (χ2n) is 11.3. The zero-order valence-corrected chi connectivity index (χ0v) is 25.9. The molecule has 5 amide bonds. The number of carbonyl (C=O) groups excluding carboxylic acids is 3. The van der Waals surface area contributed by atoms with Crippen molar-refractivity contribution >= 4 is 35.0 Å². The number of alkyl halides is 6. The van der Waals surface area contributed by atoms with Crippen LogP contribution in [0.25, 0.3) is 0 Å². The third-order valence-corrected chi connectivity index (χ3v) is 7.67. The van der Waals surface area contributed by atoms with Crippen molar-refractivity contribution in [3.8, 4) is 5.75 Å². The third kappa shape index (κ3) is 8.67. The maximum atomic E-state index is 13.7. The number of ether oxygens (including phenoxy) is 1. The average molecular weight is 682 g/mol. The van der Waals surface area contributed by atoms with Gasteiger partial charge in [0.15, 0.2) is 5.75 Å². The highest BCUT2D eigenvalue weighted by molar-refractivity contribution is 6.04. The predicted octanol–water partition coefficient (Wildman–Crippen LogP) is 6.75. The Labute approximate surface area is 271 Å². The van der Waals surface area contributed by atoms with Gasteiger partial charge in [-0.05, 0) is 67.6 Å². The minimum atomic E-state index is -4.56. The highest BCUT2D eigenvalue weighted by Gasteiger charge is 2.36. The molecule has 1 aliphatic rings. The van der Waals surface area contributed by atoms with Gasteiger partial charge in [-0.2, -0.15) is 26.3 Å². The van der Waals surface area contributed by atoms with Crippen LogP contribution in [0.15, 0.2) is 66.7 Å². The van der Waals surface area contributed by atoms with Crippen molar-refractivity contribution in [2.75, 3.05) is 42.7 Å². The lowest BCUT2D eigenvalue weighted by Crippen LogP contribution is -2.50. The van der Waals surface area contributed by atoms with Crippen molar-refractivity contribution in [2.24, 2.45) is 5.92 Å². The van der Waals surface area contributed by atoms with Crippen LogP contribution in [-0.4, -0.2) is 71.8 Å². The number of likely N-dealkylation sites (N-methyl/N-ethyl adjacent to an activating group) is 1. The first-order chi connectivity index (χ1) is 22.5. The van der Waals surface area contributed by atoms with E-state index in [0.717, 1.165) is 48.5 Å². The molecule has 0 fully saturated rings. The summed E-state index contributed by atoms with van der Waals surface area (Å²) in [5.41, 5.74) is -1.51. The van der Waals surface area contributed by atoms with Crippen LogP contribution >= 0.6 is 0 Å². The van der Waals surface area contributed by atoms with Gasteiger partial charge >= 0.3 is 24.4 Å². The van der Waals surface area contributed by atoms with Gasteiger partial charge < -0.3 is 35.6 Å². The Hall–Kier alpha value is -4.99. The van der Waals surface area contributed by atoms with Crippen LogP contribution in [0.4, 0.5) is 53.0 Å². The van der Waals surface area contributed by atoms with Gasteiger partial charge in [0.1, 0.15) is 6.10 Å². The van der Waals surface area contributed by atoms with Crippen LogP contribution in [0.2, 0.25) is 0 Å². The number of nitrogens with zero attached hydrogens (tertiary/aromatic N) is 2. The van der Waals surface area contributed by atoms with Crippen LogP contribution in [0.3, 0.4) is 0 Å². The standard InChI is InChI=1S/C32H33F6N5O5/c1-18-15-43(19(2)17-44)28(45)24-5-4-6-25(41-29(46)39-22-11-7-20(8-12-22)31(33,34)35)27(24)48-26(18)16-42(3)30(47)40-23-13-9-21(10-14-23)32(36,37)38/h4-14,18-19,26,44H,15-17H2,1-3H3,(H,40,47)(H2,39,41,46)/t18-,19+,26+/m0/s1. The number of aliphatic hydroxyl groups excluding tert-OH is 1. The molecule has 3 aromatic rings. The van der Waals surface area contributed by atoms with E-state index in [0.29, 0.717) is 0 Å². The Balaban J connectivity index is 1.57. The molecule has 0 aliphatic carbocycles. The molecule has 1 heterocycles. The van der Waals surface area contributed by atoms with Crippen LogP contribution in [0, 0.1) is 5.92 Å². The Bertz CT molecular complexity index is 1620. The zero-order valence-electron chi connectivity index (χ0n) is 25.9. The van der Waals surface area contributed by atoms with Crippen LogP contribution < -0.4 is 20.7 Å². The number of hydrogen-bond donors (Lipinski definition) is 4. The molecule has 10 nitrogen and oxygen atoms in total. The molecule has 0 radical (unpaired) electrons. The Kier molecular flexibility index (Phi) is 10.8. The lowest BCUT2D eigenvalue weighted by Gasteiger charge is -2.38. The van der Waals surface area contributed by atoms with Gasteiger partial charge in [0, 0.05) is 30.9 Å². The maximum absolute atomic E-state index is 13.7. The van der Waals surface area contributed by atoms with E-state index in [-0.39, 0.29) is 48.1 Å². The van der Waals surface area contributed by atoms with E-state index in [1.807, 2.05) is 0 Å². The predicted molar refractivity (Wildman–Crippen MR) is 165 cm³/mol. The first-order valence-electron chi connectivity index (χ1n) is 14.6. The summed E-state index contributed by atoms with van der Waals surface area (Å²) in [6.45, 7) is 3.09. The molecule has 0 spiro atoms. The van der Waals surface area contributed by atoms with Crippen molar-refractivity contribution in [3.63, 3.8) is 0 Å². The van der Waals surface area contributed by atoms with Crippen molar-refractivity contribution < 1.29 is 50.6 Å². The first kappa shape index (κ1) is 35.9. The van der Waals surface area contributed by atoms with Gasteiger partial charge in [-0.25, -0.2) is 9.59 Å². The van der Waals surface area contributed by atoms with Crippen molar-refractivity contribution in [1.82, 2.24) is 9.80 Å². The summed E-state index contributed by atoms with van der Waals surface area (Å²) in [5, 5.41) is 17.4. The number of para-hydroxylation sites is 1. The van der Waals surface area contributed by atoms with Gasteiger partial charge in [-0.3, -0.25) is 4.79 Å². The number of anilines is 3. The summed E-state index contributed by atoms with van der Waals surface area (Å²) in [5.74, 6) is -1.00. The number of aliphatic hydroxyl groups is 1. The fraction of sp³-hybridized carbons (Fsp3) is 0.344. The molecule has 3 atom stereocenters. The van der Waals surface area contributed by atoms with Crippen LogP contribution in [-0.2, 0) is 12.4 Å². The second-order valence-corrected chi connectivity index (χ2v) is 11.3. The van der Waals surface area contributed by atoms with E-state index in [4.69, 9.17) is 4.74 Å². The number of benzene rings is 3. The SMILES string of the molecule is C[C@H](CO)N1C[C@H](C)[C@@H](CN(C)C(=O)Nc2ccc(C(F)(F)F)cc2)Oc2c(NC(=O)Nc3ccc(C(F)(F)F)cc3)cccc2C1=O. The third-order valence-electron chi connectivity index (χ3n) is 7.67. The molecule has 1 aliphatic heterocycles. The summed E-state index contributed by atoms with van der Waals surface area (Å²) in [6.07, 6.45) is -9.91. The molecular formula is C32H33F6N5O5. The van der Waals surface area contributed by atoms with E-state index in [2.05, 4.69) is 16.0 Å². The first-order valence-corrected chi connectivity index (χ1v) is 14.6. The van der Waals surface area contributed by atoms with E-state index in [1.165, 1.54) is 35.0 Å². The maximum Gasteiger partial charge on any atom is 0.416 e. The molecule has 4 N–H and O–H groups in total. The van der Waals surface area contributed by atoms with Crippen LogP contribution in [0.5, 0.6) is 5.75 Å². The summed E-state index contributed by atoms with van der Waals surface area (Å²) in [6, 6.07) is 9.95. The minimum absolute atomic E-state index is 0.0383. The molecule has 0 saturated carbocycles. The van der Waals surface area contributed by atoms with Gasteiger partial charge in [0.25, 0.3) is 5.91 Å². The number of fused-ring (bicyclic) bond motifs is 1. The average Bonchev–Trinajstić information content (AvgIpc) is 3.02. The number of carbonyl (C=O) groups is 3. The normalized spacial score (nSPS) is 17.3. The lowest BCUT2D eigenvalue weighted by molar-refractivity contribution is -0.138. The fourth-order valence-corrected chi connectivity index (χ4v) is 4.90. The molecule has 0 saturated heterocycles. The Morgan fingerprint density at radius 3 is 1.98 bits per heavy atom. The highest BCUT2D eigenvalue weighted by atomic mass is 19.4.